The first-order valence-corrected chi connectivity index (χ1v) is 15.9. The van der Waals surface area contributed by atoms with Crippen molar-refractivity contribution in [2.75, 3.05) is 18.9 Å². The first-order valence-electron chi connectivity index (χ1n) is 11.0. The second-order valence-electron chi connectivity index (χ2n) is 8.25. The molecule has 0 aromatic carbocycles. The van der Waals surface area contributed by atoms with Crippen LogP contribution in [0.25, 0.3) is 22.3 Å². The van der Waals surface area contributed by atoms with Crippen LogP contribution in [0.5, 0.6) is 0 Å². The third-order valence-corrected chi connectivity index (χ3v) is 7.90. The number of alkyl halides is 1. The maximum atomic E-state index is 15.5. The summed E-state index contributed by atoms with van der Waals surface area (Å²) in [5, 5.41) is 28.2. The molecule has 1 aliphatic heterocycles. The van der Waals surface area contributed by atoms with Gasteiger partial charge in [0.15, 0.2) is 40.8 Å². The van der Waals surface area contributed by atoms with E-state index in [1.165, 1.54) is 0 Å². The minimum absolute atomic E-state index is 0.138. The number of H-pyrrole nitrogens is 2. The predicted octanol–water partition coefficient (Wildman–Crippen LogP) is -1.72. The molecule has 0 radical (unpaired) electrons. The Balaban J connectivity index is 1.38. The third kappa shape index (κ3) is 5.66. The number of hydrogen-bond acceptors (Lipinski definition) is 16. The number of imidazole rings is 1. The Morgan fingerprint density at radius 2 is 2.07 bits per heavy atom. The minimum Gasteiger partial charge on any atom is -0.389 e. The molecule has 0 saturated carbocycles. The number of aromatic nitrogens is 9. The number of nitrogens with one attached hydrogen (secondary N) is 2. The normalized spacial score (nSPS) is 24.5. The number of ether oxygens (including phenoxy) is 1. The van der Waals surface area contributed by atoms with E-state index in [2.05, 4.69) is 47.5 Å². The zero-order chi connectivity index (χ0) is 29.7. The van der Waals surface area contributed by atoms with Gasteiger partial charge in [-0.1, -0.05) is 5.21 Å². The largest absolute Gasteiger partial charge is 0.582 e. The lowest BCUT2D eigenvalue weighted by molar-refractivity contribution is -0.233. The van der Waals surface area contributed by atoms with Gasteiger partial charge in [0, 0.05) is 0 Å². The molecule has 220 valence electrons. The van der Waals surface area contributed by atoms with Crippen molar-refractivity contribution in [3.05, 3.63) is 33.4 Å². The number of aliphatic hydroxyl groups is 2. The number of rotatable bonds is 10. The summed E-state index contributed by atoms with van der Waals surface area (Å²) in [6.07, 6.45) is -4.89. The molecule has 41 heavy (non-hydrogen) atoms. The molecule has 0 spiro atoms. The van der Waals surface area contributed by atoms with Crippen molar-refractivity contribution in [2.45, 2.75) is 30.5 Å². The molecule has 25 heteroatoms. The van der Waals surface area contributed by atoms with Gasteiger partial charge in [-0.2, -0.15) is 9.67 Å². The molecule has 7 atom stereocenters. The van der Waals surface area contributed by atoms with Crippen LogP contribution in [-0.4, -0.2) is 91.2 Å². The van der Waals surface area contributed by atoms with E-state index in [1.54, 1.807) is 0 Å². The Morgan fingerprint density at radius 1 is 1.32 bits per heavy atom. The molecule has 0 bridgehead atoms. The summed E-state index contributed by atoms with van der Waals surface area (Å²) in [6, 6.07) is 0. The molecule has 0 aliphatic carbocycles. The number of fused-ring (bicyclic) bond motifs is 2. The summed E-state index contributed by atoms with van der Waals surface area (Å²) in [4.78, 5) is 50.7. The van der Waals surface area contributed by atoms with E-state index in [0.29, 0.717) is 4.57 Å². The molecule has 5 rings (SSSR count). The summed E-state index contributed by atoms with van der Waals surface area (Å²) in [5.74, 6) is -3.22. The minimum atomic E-state index is -4.54. The van der Waals surface area contributed by atoms with Gasteiger partial charge in [0.2, 0.25) is 5.95 Å². The Bertz CT molecular complexity index is 1800. The second-order valence-corrected chi connectivity index (χ2v) is 12.7. The molecular formula is C16H18FN10O10P2S2+. The van der Waals surface area contributed by atoms with Crippen molar-refractivity contribution in [3.63, 3.8) is 0 Å². The zero-order valence-corrected chi connectivity index (χ0v) is 23.4. The first kappa shape index (κ1) is 29.7. The van der Waals surface area contributed by atoms with E-state index in [1.807, 2.05) is 0 Å². The van der Waals surface area contributed by atoms with Gasteiger partial charge in [-0.15, -0.1) is 9.62 Å². The van der Waals surface area contributed by atoms with Crippen molar-refractivity contribution >= 4 is 66.3 Å². The number of nitrogen functional groups attached to an aromatic ring is 1. The monoisotopic (exact) mass is 655 g/mol. The molecule has 5 heterocycles. The van der Waals surface area contributed by atoms with E-state index < -0.39 is 68.8 Å². The average Bonchev–Trinajstić information content (AvgIpc) is 3.59. The fourth-order valence-corrected chi connectivity index (χ4v) is 6.14. The molecular weight excluding hydrogens is 637 g/mol. The van der Waals surface area contributed by atoms with Crippen molar-refractivity contribution < 1.29 is 42.4 Å². The van der Waals surface area contributed by atoms with E-state index >= 15 is 4.39 Å². The maximum absolute atomic E-state index is 15.5. The number of aromatic amines is 2. The number of thiol groups is 1. The average molecular weight is 655 g/mol. The topological polar surface area (TPSA) is 281 Å². The van der Waals surface area contributed by atoms with Crippen molar-refractivity contribution in [1.82, 2.24) is 44.5 Å². The number of nitrogens with two attached hydrogens (primary N) is 1. The maximum Gasteiger partial charge on any atom is 0.582 e. The van der Waals surface area contributed by atoms with Gasteiger partial charge < -0.3 is 35.1 Å². The predicted molar refractivity (Wildman–Crippen MR) is 140 cm³/mol. The highest BCUT2D eigenvalue weighted by molar-refractivity contribution is 8.39. The molecule has 1 fully saturated rings. The summed E-state index contributed by atoms with van der Waals surface area (Å²) in [6.45, 7) is -6.57. The number of halogens is 1. The van der Waals surface area contributed by atoms with E-state index in [-0.39, 0.29) is 28.3 Å². The van der Waals surface area contributed by atoms with Crippen LogP contribution in [0.2, 0.25) is 0 Å². The lowest BCUT2D eigenvalue weighted by Crippen LogP contribution is -2.40. The number of aliphatic hydroxyl groups excluding tert-OH is 1. The Hall–Kier alpha value is -2.82. The third-order valence-electron chi connectivity index (χ3n) is 5.66. The zero-order valence-electron chi connectivity index (χ0n) is 19.9. The van der Waals surface area contributed by atoms with E-state index in [0.717, 1.165) is 17.3 Å². The molecule has 0 amide bonds. The van der Waals surface area contributed by atoms with Gasteiger partial charge in [-0.25, -0.2) is 14.4 Å². The van der Waals surface area contributed by atoms with Crippen LogP contribution in [-0.2, 0) is 40.6 Å². The first-order chi connectivity index (χ1) is 19.3. The van der Waals surface area contributed by atoms with Gasteiger partial charge >= 0.3 is 13.9 Å². The summed E-state index contributed by atoms with van der Waals surface area (Å²) >= 11 is 8.59. The summed E-state index contributed by atoms with van der Waals surface area (Å²) < 4.78 is 49.8. The lowest BCUT2D eigenvalue weighted by atomic mass is 10.1. The van der Waals surface area contributed by atoms with E-state index in [4.69, 9.17) is 35.8 Å². The highest BCUT2D eigenvalue weighted by Gasteiger charge is 2.52. The van der Waals surface area contributed by atoms with Crippen molar-refractivity contribution in [1.29, 1.82) is 0 Å². The van der Waals surface area contributed by atoms with Crippen molar-refractivity contribution in [3.8, 4) is 0 Å². The standard InChI is InChI=1S/C16H17FN10O10P2S2/c17-6-9(36-38(32)40)5(35-14(6)27-10-8(24-25-27)12(29)20-3-19-10)1-34-39(33,41)37-16(31,2-28)26-4-21-7-11(26)22-15(18)23-13(7)30/h3-6,9,14,28,31H,1-2H2,(H5-,18,19,20,22,23,25,29,30,32,33,40,41)/p+1/t5-,6+,9-,14-,16?,39?/m1/s1. The van der Waals surface area contributed by atoms with Crippen LogP contribution >= 0.6 is 26.2 Å². The Labute approximate surface area is 235 Å². The highest BCUT2D eigenvalue weighted by atomic mass is 32.7. The summed E-state index contributed by atoms with van der Waals surface area (Å²) in [5.41, 5.74) is 3.13. The SMILES string of the molecule is Nc1nc2c(ncn2C(O)(CO)OP(O)(=S)OC[C@H]2O[C@@H](n3nnc4c(=O)[nH]cnc43)[C@@H](F)[C@@H]2O[P+](=O)S)c(=O)[nH]1. The molecule has 3 unspecified atom stereocenters. The smallest absolute Gasteiger partial charge is 0.389 e. The molecule has 4 aromatic heterocycles. The van der Waals surface area contributed by atoms with Crippen LogP contribution in [0.3, 0.4) is 0 Å². The van der Waals surface area contributed by atoms with Crippen LogP contribution in [0.15, 0.2) is 22.2 Å². The fourth-order valence-electron chi connectivity index (χ4n) is 3.91. The second kappa shape index (κ2) is 11.1. The fraction of sp³-hybridized carbons (Fsp3) is 0.438. The van der Waals surface area contributed by atoms with Crippen LogP contribution in [0, 0.1) is 0 Å². The van der Waals surface area contributed by atoms with Gasteiger partial charge in [0.25, 0.3) is 17.0 Å². The Kier molecular flexibility index (Phi) is 8.04. The van der Waals surface area contributed by atoms with Gasteiger partial charge in [-0.05, 0) is 16.4 Å². The molecule has 1 saturated heterocycles. The van der Waals surface area contributed by atoms with E-state index in [9.17, 15) is 29.3 Å². The highest BCUT2D eigenvalue weighted by Crippen LogP contribution is 2.50. The van der Waals surface area contributed by atoms with Crippen molar-refractivity contribution in [2.24, 2.45) is 0 Å². The quantitative estimate of drug-likeness (QED) is 0.0568. The number of hydrogen-bond donors (Lipinski definition) is 7. The molecule has 1 aliphatic rings. The number of anilines is 1. The van der Waals surface area contributed by atoms with Crippen LogP contribution in [0.1, 0.15) is 6.23 Å². The van der Waals surface area contributed by atoms with Gasteiger partial charge in [0.1, 0.15) is 31.3 Å². The number of nitrogens with zero attached hydrogens (tertiary/aromatic N) is 7. The lowest BCUT2D eigenvalue weighted by Gasteiger charge is -2.31. The summed E-state index contributed by atoms with van der Waals surface area (Å²) in [7, 11) is -2.68. The molecule has 7 N–H and O–H groups in total. The molecule has 20 nitrogen and oxygen atoms in total. The van der Waals surface area contributed by atoms with Gasteiger partial charge in [0.05, 0.1) is 12.9 Å². The molecule has 4 aromatic rings. The van der Waals surface area contributed by atoms with Crippen LogP contribution in [0.4, 0.5) is 10.3 Å². The van der Waals surface area contributed by atoms with Gasteiger partial charge in [-0.3, -0.25) is 23.7 Å². The van der Waals surface area contributed by atoms with Crippen LogP contribution < -0.4 is 16.9 Å². The Morgan fingerprint density at radius 3 is 2.78 bits per heavy atom.